The van der Waals surface area contributed by atoms with Crippen molar-refractivity contribution in [1.29, 1.82) is 0 Å². The number of aliphatic carboxylic acids is 1. The number of hydrogen-bond acceptors (Lipinski definition) is 3. The molecule has 2 aromatic carbocycles. The number of halogens is 4. The minimum atomic E-state index is -4.52. The first-order chi connectivity index (χ1) is 13.3. The van der Waals surface area contributed by atoms with Crippen LogP contribution in [-0.4, -0.2) is 22.6 Å². The second-order valence-corrected chi connectivity index (χ2v) is 6.19. The standard InChI is InChI=1S/C20H16F4N2O2/c21-14-3-1-4-15(12-14)26(10-2-5-19(27)28)18-8-9-25-17-7-6-13(11-16(17)18)20(22,23)24/h1,3-4,6-9,11-12H,2,5,10H2,(H,27,28). The Hall–Kier alpha value is -3.16. The van der Waals surface area contributed by atoms with Crippen LogP contribution in [0.5, 0.6) is 0 Å². The molecule has 0 atom stereocenters. The van der Waals surface area contributed by atoms with Crippen LogP contribution in [0, 0.1) is 5.82 Å². The van der Waals surface area contributed by atoms with E-state index in [-0.39, 0.29) is 24.8 Å². The largest absolute Gasteiger partial charge is 0.481 e. The van der Waals surface area contributed by atoms with E-state index in [1.165, 1.54) is 36.5 Å². The minimum Gasteiger partial charge on any atom is -0.481 e. The molecule has 0 saturated heterocycles. The lowest BCUT2D eigenvalue weighted by Gasteiger charge is -2.26. The average Bonchev–Trinajstić information content (AvgIpc) is 2.63. The lowest BCUT2D eigenvalue weighted by atomic mass is 10.1. The maximum Gasteiger partial charge on any atom is 0.416 e. The summed E-state index contributed by atoms with van der Waals surface area (Å²) in [7, 11) is 0. The number of pyridine rings is 1. The maximum atomic E-state index is 13.7. The summed E-state index contributed by atoms with van der Waals surface area (Å²) >= 11 is 0. The molecule has 8 heteroatoms. The van der Waals surface area contributed by atoms with Crippen molar-refractivity contribution in [3.63, 3.8) is 0 Å². The summed E-state index contributed by atoms with van der Waals surface area (Å²) in [4.78, 5) is 16.6. The van der Waals surface area contributed by atoms with Crippen LogP contribution in [0.4, 0.5) is 28.9 Å². The summed E-state index contributed by atoms with van der Waals surface area (Å²) < 4.78 is 53.2. The van der Waals surface area contributed by atoms with Gasteiger partial charge in [0.1, 0.15) is 5.82 Å². The highest BCUT2D eigenvalue weighted by Gasteiger charge is 2.31. The summed E-state index contributed by atoms with van der Waals surface area (Å²) in [6.45, 7) is 0.186. The molecule has 3 rings (SSSR count). The van der Waals surface area contributed by atoms with Crippen LogP contribution >= 0.6 is 0 Å². The number of benzene rings is 2. The predicted molar refractivity (Wildman–Crippen MR) is 97.0 cm³/mol. The third-order valence-corrected chi connectivity index (χ3v) is 4.23. The first kappa shape index (κ1) is 19.6. The molecule has 0 saturated carbocycles. The van der Waals surface area contributed by atoms with Crippen molar-refractivity contribution in [2.75, 3.05) is 11.4 Å². The van der Waals surface area contributed by atoms with Gasteiger partial charge in [-0.1, -0.05) is 6.07 Å². The van der Waals surface area contributed by atoms with Gasteiger partial charge in [0.2, 0.25) is 0 Å². The average molecular weight is 392 g/mol. The van der Waals surface area contributed by atoms with Crippen molar-refractivity contribution in [3.05, 3.63) is 66.1 Å². The lowest BCUT2D eigenvalue weighted by molar-refractivity contribution is -0.138. The van der Waals surface area contributed by atoms with E-state index in [1.54, 1.807) is 11.0 Å². The van der Waals surface area contributed by atoms with Gasteiger partial charge in [0.15, 0.2) is 0 Å². The van der Waals surface area contributed by atoms with Crippen molar-refractivity contribution < 1.29 is 27.5 Å². The third kappa shape index (κ3) is 4.39. The van der Waals surface area contributed by atoms with Gasteiger partial charge in [0.05, 0.1) is 16.8 Å². The fourth-order valence-electron chi connectivity index (χ4n) is 2.96. The Morgan fingerprint density at radius 3 is 2.57 bits per heavy atom. The number of carboxylic acids is 1. The summed E-state index contributed by atoms with van der Waals surface area (Å²) in [5, 5.41) is 9.14. The first-order valence-electron chi connectivity index (χ1n) is 8.46. The van der Waals surface area contributed by atoms with Crippen molar-refractivity contribution in [2.45, 2.75) is 19.0 Å². The molecule has 0 aliphatic heterocycles. The number of alkyl halides is 3. The van der Waals surface area contributed by atoms with Gasteiger partial charge < -0.3 is 10.0 Å². The Morgan fingerprint density at radius 1 is 1.11 bits per heavy atom. The van der Waals surface area contributed by atoms with Crippen LogP contribution in [0.25, 0.3) is 10.9 Å². The number of rotatable bonds is 6. The second kappa shape index (κ2) is 7.84. The van der Waals surface area contributed by atoms with Crippen LogP contribution in [0.1, 0.15) is 18.4 Å². The molecule has 0 spiro atoms. The molecule has 1 aromatic heterocycles. The highest BCUT2D eigenvalue weighted by molar-refractivity contribution is 5.94. The van der Waals surface area contributed by atoms with E-state index >= 15 is 0 Å². The number of nitrogens with zero attached hydrogens (tertiary/aromatic N) is 2. The van der Waals surface area contributed by atoms with E-state index in [0.29, 0.717) is 16.9 Å². The number of carbonyl (C=O) groups is 1. The zero-order valence-electron chi connectivity index (χ0n) is 14.6. The van der Waals surface area contributed by atoms with E-state index in [0.717, 1.165) is 12.1 Å². The van der Waals surface area contributed by atoms with Crippen LogP contribution in [-0.2, 0) is 11.0 Å². The summed E-state index contributed by atoms with van der Waals surface area (Å²) in [6, 6.07) is 10.4. The molecule has 1 heterocycles. The van der Waals surface area contributed by atoms with Gasteiger partial charge in [0, 0.05) is 30.2 Å². The number of aromatic nitrogens is 1. The van der Waals surface area contributed by atoms with E-state index < -0.39 is 23.5 Å². The van der Waals surface area contributed by atoms with E-state index in [2.05, 4.69) is 4.98 Å². The molecular formula is C20H16F4N2O2. The number of anilines is 2. The molecule has 0 fully saturated rings. The van der Waals surface area contributed by atoms with Gasteiger partial charge in [-0.25, -0.2) is 4.39 Å². The van der Waals surface area contributed by atoms with Crippen molar-refractivity contribution >= 4 is 28.2 Å². The Bertz CT molecular complexity index is 1000. The molecule has 4 nitrogen and oxygen atoms in total. The van der Waals surface area contributed by atoms with E-state index in [9.17, 15) is 22.4 Å². The highest BCUT2D eigenvalue weighted by Crippen LogP contribution is 2.36. The van der Waals surface area contributed by atoms with Gasteiger partial charge in [-0.15, -0.1) is 0 Å². The number of hydrogen-bond donors (Lipinski definition) is 1. The number of fused-ring (bicyclic) bond motifs is 1. The Morgan fingerprint density at radius 2 is 1.89 bits per heavy atom. The molecule has 0 aliphatic carbocycles. The maximum absolute atomic E-state index is 13.7. The smallest absolute Gasteiger partial charge is 0.416 e. The normalized spacial score (nSPS) is 11.6. The fourth-order valence-corrected chi connectivity index (χ4v) is 2.96. The predicted octanol–water partition coefficient (Wildman–Crippen LogP) is 5.40. The Labute approximate surface area is 158 Å². The molecule has 0 bridgehead atoms. The van der Waals surface area contributed by atoms with Crippen LogP contribution in [0.3, 0.4) is 0 Å². The lowest BCUT2D eigenvalue weighted by Crippen LogP contribution is -2.20. The molecule has 28 heavy (non-hydrogen) atoms. The molecule has 0 radical (unpaired) electrons. The van der Waals surface area contributed by atoms with Gasteiger partial charge in [-0.2, -0.15) is 13.2 Å². The number of carboxylic acid groups (broad SMARTS) is 1. The van der Waals surface area contributed by atoms with Crippen molar-refractivity contribution in [1.82, 2.24) is 4.98 Å². The fraction of sp³-hybridized carbons (Fsp3) is 0.200. The molecular weight excluding hydrogens is 376 g/mol. The molecule has 1 N–H and O–H groups in total. The summed E-state index contributed by atoms with van der Waals surface area (Å²) in [5.74, 6) is -1.49. The van der Waals surface area contributed by atoms with E-state index in [1.807, 2.05) is 0 Å². The molecule has 146 valence electrons. The molecule has 3 aromatic rings. The molecule has 0 amide bonds. The van der Waals surface area contributed by atoms with Crippen molar-refractivity contribution in [2.24, 2.45) is 0 Å². The third-order valence-electron chi connectivity index (χ3n) is 4.23. The van der Waals surface area contributed by atoms with Crippen LogP contribution in [0.2, 0.25) is 0 Å². The van der Waals surface area contributed by atoms with Gasteiger partial charge in [0.25, 0.3) is 0 Å². The Kier molecular flexibility index (Phi) is 5.48. The quantitative estimate of drug-likeness (QED) is 0.571. The van der Waals surface area contributed by atoms with Crippen LogP contribution in [0.15, 0.2) is 54.7 Å². The van der Waals surface area contributed by atoms with Gasteiger partial charge >= 0.3 is 12.1 Å². The topological polar surface area (TPSA) is 53.4 Å². The Balaban J connectivity index is 2.12. The SMILES string of the molecule is O=C(O)CCCN(c1cccc(F)c1)c1ccnc2ccc(C(F)(F)F)cc12. The van der Waals surface area contributed by atoms with E-state index in [4.69, 9.17) is 5.11 Å². The zero-order valence-corrected chi connectivity index (χ0v) is 14.6. The summed E-state index contributed by atoms with van der Waals surface area (Å²) in [6.07, 6.45) is -2.96. The zero-order chi connectivity index (χ0) is 20.3. The van der Waals surface area contributed by atoms with Gasteiger partial charge in [-0.05, 0) is 48.9 Å². The van der Waals surface area contributed by atoms with Gasteiger partial charge in [-0.3, -0.25) is 9.78 Å². The molecule has 0 aliphatic rings. The first-order valence-corrected chi connectivity index (χ1v) is 8.46. The minimum absolute atomic E-state index is 0.122. The van der Waals surface area contributed by atoms with Crippen LogP contribution < -0.4 is 4.90 Å². The molecule has 0 unspecified atom stereocenters. The highest BCUT2D eigenvalue weighted by atomic mass is 19.4. The monoisotopic (exact) mass is 392 g/mol. The second-order valence-electron chi connectivity index (χ2n) is 6.19. The summed E-state index contributed by atoms with van der Waals surface area (Å²) in [5.41, 5.74) is 0.339. The van der Waals surface area contributed by atoms with Crippen molar-refractivity contribution in [3.8, 4) is 0 Å².